The third kappa shape index (κ3) is 6.12. The first kappa shape index (κ1) is 23.3. The highest BCUT2D eigenvalue weighted by atomic mass is 16.5. The van der Waals surface area contributed by atoms with Crippen molar-refractivity contribution in [3.8, 4) is 11.5 Å². The van der Waals surface area contributed by atoms with E-state index in [2.05, 4.69) is 36.1 Å². The molecule has 0 aliphatic rings. The maximum atomic E-state index is 12.0. The summed E-state index contributed by atoms with van der Waals surface area (Å²) in [5, 5.41) is 9.86. The molecule has 0 saturated heterocycles. The molecule has 0 aliphatic carbocycles. The van der Waals surface area contributed by atoms with Gasteiger partial charge in [-0.15, -0.1) is 0 Å². The summed E-state index contributed by atoms with van der Waals surface area (Å²) in [4.78, 5) is 14.3. The first-order valence-corrected chi connectivity index (χ1v) is 11.5. The number of para-hydroxylation sites is 1. The number of carboxylic acid groups (broad SMARTS) is 1. The summed E-state index contributed by atoms with van der Waals surface area (Å²) in [6.45, 7) is 2.76. The highest BCUT2D eigenvalue weighted by Gasteiger charge is 2.28. The lowest BCUT2D eigenvalue weighted by molar-refractivity contribution is -0.138. The van der Waals surface area contributed by atoms with Gasteiger partial charge in [0, 0.05) is 18.6 Å². The highest BCUT2D eigenvalue weighted by molar-refractivity contribution is 5.68. The lowest BCUT2D eigenvalue weighted by Gasteiger charge is -2.37. The molecule has 0 fully saturated rings. The number of hydrogen-bond donors (Lipinski definition) is 1. The maximum Gasteiger partial charge on any atom is 0.305 e. The minimum atomic E-state index is -0.835. The number of aliphatic carboxylic acids is 1. The zero-order valence-electron chi connectivity index (χ0n) is 19.2. The minimum Gasteiger partial charge on any atom is -0.481 e. The largest absolute Gasteiger partial charge is 0.481 e. The number of rotatable bonds is 10. The normalized spacial score (nSPS) is 12.8. The fourth-order valence-corrected chi connectivity index (χ4v) is 4.24. The molecule has 4 heteroatoms. The van der Waals surface area contributed by atoms with Gasteiger partial charge in [0.05, 0.1) is 6.42 Å². The van der Waals surface area contributed by atoms with Crippen molar-refractivity contribution in [3.63, 3.8) is 0 Å². The molecule has 172 valence electrons. The molecule has 4 rings (SSSR count). The van der Waals surface area contributed by atoms with E-state index < -0.39 is 5.97 Å². The Balaban J connectivity index is 1.72. The number of ether oxygens (including phenoxy) is 1. The van der Waals surface area contributed by atoms with E-state index in [4.69, 9.17) is 4.74 Å². The maximum absolute atomic E-state index is 12.0. The quantitative estimate of drug-likeness (QED) is 0.276. The van der Waals surface area contributed by atoms with E-state index in [-0.39, 0.29) is 18.5 Å². The van der Waals surface area contributed by atoms with Crippen molar-refractivity contribution >= 4 is 5.97 Å². The van der Waals surface area contributed by atoms with Crippen LogP contribution in [0.1, 0.15) is 42.1 Å². The summed E-state index contributed by atoms with van der Waals surface area (Å²) >= 11 is 0. The molecule has 1 unspecified atom stereocenters. The second-order valence-corrected chi connectivity index (χ2v) is 8.35. The molecule has 2 atom stereocenters. The first-order valence-electron chi connectivity index (χ1n) is 11.5. The second-order valence-electron chi connectivity index (χ2n) is 8.35. The van der Waals surface area contributed by atoms with Crippen LogP contribution in [0.3, 0.4) is 0 Å². The lowest BCUT2D eigenvalue weighted by atomic mass is 9.96. The predicted molar refractivity (Wildman–Crippen MR) is 135 cm³/mol. The van der Waals surface area contributed by atoms with Crippen molar-refractivity contribution in [1.82, 2.24) is 4.90 Å². The Bertz CT molecular complexity index is 1180. The van der Waals surface area contributed by atoms with Crippen LogP contribution in [0.5, 0.6) is 11.5 Å². The van der Waals surface area contributed by atoms with E-state index in [1.165, 1.54) is 0 Å². The molecule has 0 saturated carbocycles. The van der Waals surface area contributed by atoms with Gasteiger partial charge in [-0.1, -0.05) is 91.0 Å². The topological polar surface area (TPSA) is 49.8 Å². The third-order valence-corrected chi connectivity index (χ3v) is 5.98. The zero-order chi connectivity index (χ0) is 23.8. The molecule has 1 N–H and O–H groups in total. The molecule has 0 aliphatic heterocycles. The van der Waals surface area contributed by atoms with Gasteiger partial charge in [0.25, 0.3) is 0 Å². The molecule has 0 aromatic heterocycles. The number of carboxylic acids is 1. The molecular formula is C30H29NO3. The van der Waals surface area contributed by atoms with Crippen molar-refractivity contribution in [2.45, 2.75) is 32.0 Å². The molecule has 0 spiro atoms. The monoisotopic (exact) mass is 451 g/mol. The van der Waals surface area contributed by atoms with E-state index in [1.807, 2.05) is 91.0 Å². The van der Waals surface area contributed by atoms with Gasteiger partial charge in [0.1, 0.15) is 11.5 Å². The van der Waals surface area contributed by atoms with Crippen LogP contribution >= 0.6 is 0 Å². The SMILES string of the molecule is C[C@H](c1ccccc1)N(Cc1ccccc1)C(CC(=O)O)c1cccc(Oc2ccccc2)c1. The van der Waals surface area contributed by atoms with Crippen molar-refractivity contribution in [3.05, 3.63) is 132 Å². The van der Waals surface area contributed by atoms with Gasteiger partial charge < -0.3 is 9.84 Å². The van der Waals surface area contributed by atoms with Gasteiger partial charge in [-0.2, -0.15) is 0 Å². The summed E-state index contributed by atoms with van der Waals surface area (Å²) in [5.41, 5.74) is 3.19. The summed E-state index contributed by atoms with van der Waals surface area (Å²) in [6, 6.07) is 37.4. The van der Waals surface area contributed by atoms with Gasteiger partial charge in [-0.25, -0.2) is 0 Å². The summed E-state index contributed by atoms with van der Waals surface area (Å²) in [7, 11) is 0. The van der Waals surface area contributed by atoms with Crippen molar-refractivity contribution in [1.29, 1.82) is 0 Å². The van der Waals surface area contributed by atoms with E-state index in [0.29, 0.717) is 12.3 Å². The Kier molecular flexibility index (Phi) is 7.74. The number of nitrogens with zero attached hydrogens (tertiary/aromatic N) is 1. The summed E-state index contributed by atoms with van der Waals surface area (Å²) < 4.78 is 6.05. The fraction of sp³-hybridized carbons (Fsp3) is 0.167. The molecule has 0 radical (unpaired) electrons. The van der Waals surface area contributed by atoms with Crippen molar-refractivity contribution in [2.24, 2.45) is 0 Å². The van der Waals surface area contributed by atoms with Crippen LogP contribution < -0.4 is 4.74 Å². The zero-order valence-corrected chi connectivity index (χ0v) is 19.2. The summed E-state index contributed by atoms with van der Waals surface area (Å²) in [5.74, 6) is 0.594. The van der Waals surface area contributed by atoms with Crippen molar-refractivity contribution in [2.75, 3.05) is 0 Å². The molecule has 4 nitrogen and oxygen atoms in total. The van der Waals surface area contributed by atoms with Crippen LogP contribution in [-0.2, 0) is 11.3 Å². The van der Waals surface area contributed by atoms with E-state index in [0.717, 1.165) is 22.4 Å². The van der Waals surface area contributed by atoms with Gasteiger partial charge >= 0.3 is 5.97 Å². The smallest absolute Gasteiger partial charge is 0.305 e. The Hall–Kier alpha value is -3.89. The van der Waals surface area contributed by atoms with Crippen LogP contribution in [0.2, 0.25) is 0 Å². The van der Waals surface area contributed by atoms with Crippen LogP contribution in [0.15, 0.2) is 115 Å². The molecule has 0 amide bonds. The van der Waals surface area contributed by atoms with Crippen LogP contribution in [0.25, 0.3) is 0 Å². The molecule has 4 aromatic carbocycles. The van der Waals surface area contributed by atoms with Crippen LogP contribution in [0, 0.1) is 0 Å². The van der Waals surface area contributed by atoms with Gasteiger partial charge in [0.2, 0.25) is 0 Å². The molecule has 0 bridgehead atoms. The molecule has 0 heterocycles. The molecule has 4 aromatic rings. The number of benzene rings is 4. The van der Waals surface area contributed by atoms with E-state index in [1.54, 1.807) is 0 Å². The number of carbonyl (C=O) groups is 1. The Labute approximate surface area is 201 Å². The van der Waals surface area contributed by atoms with Crippen molar-refractivity contribution < 1.29 is 14.6 Å². The molecule has 34 heavy (non-hydrogen) atoms. The first-order chi connectivity index (χ1) is 16.6. The Morgan fingerprint density at radius 3 is 1.97 bits per heavy atom. The van der Waals surface area contributed by atoms with Gasteiger partial charge in [0.15, 0.2) is 0 Å². The lowest BCUT2D eigenvalue weighted by Crippen LogP contribution is -2.32. The van der Waals surface area contributed by atoms with Crippen LogP contribution in [0.4, 0.5) is 0 Å². The van der Waals surface area contributed by atoms with Crippen LogP contribution in [-0.4, -0.2) is 16.0 Å². The average molecular weight is 452 g/mol. The molecular weight excluding hydrogens is 422 g/mol. The second kappa shape index (κ2) is 11.3. The summed E-state index contributed by atoms with van der Waals surface area (Å²) in [6.07, 6.45) is -0.0151. The third-order valence-electron chi connectivity index (χ3n) is 5.98. The Morgan fingerprint density at radius 1 is 0.765 bits per heavy atom. The predicted octanol–water partition coefficient (Wildman–Crippen LogP) is 7.26. The number of hydrogen-bond acceptors (Lipinski definition) is 3. The standard InChI is InChI=1S/C30H29NO3/c1-23(25-14-7-3-8-15-25)31(22-24-12-5-2-6-13-24)29(21-30(32)33)26-16-11-19-28(20-26)34-27-17-9-4-10-18-27/h2-20,23,29H,21-22H2,1H3,(H,32,33)/t23-,29?/m1/s1. The van der Waals surface area contributed by atoms with Gasteiger partial charge in [-0.05, 0) is 47.9 Å². The van der Waals surface area contributed by atoms with E-state index in [9.17, 15) is 9.90 Å². The van der Waals surface area contributed by atoms with E-state index >= 15 is 0 Å². The Morgan fingerprint density at radius 2 is 1.32 bits per heavy atom. The highest BCUT2D eigenvalue weighted by Crippen LogP contribution is 2.36. The average Bonchev–Trinajstić information content (AvgIpc) is 2.87. The fourth-order valence-electron chi connectivity index (χ4n) is 4.24. The minimum absolute atomic E-state index is 0.00412. The van der Waals surface area contributed by atoms with Gasteiger partial charge in [-0.3, -0.25) is 9.69 Å².